The molecule has 0 aliphatic rings. The zero-order valence-corrected chi connectivity index (χ0v) is 13.2. The number of benzene rings is 2. The number of carbonyl (C=O) groups excluding carboxylic acids is 1. The van der Waals surface area contributed by atoms with Crippen LogP contribution in [0.5, 0.6) is 11.5 Å². The molecule has 2 aromatic carbocycles. The Balaban J connectivity index is 2.16. The minimum atomic E-state index is -0.491. The summed E-state index contributed by atoms with van der Waals surface area (Å²) in [6.07, 6.45) is 0. The third-order valence-corrected chi connectivity index (χ3v) is 3.30. The van der Waals surface area contributed by atoms with Crippen molar-refractivity contribution in [3.8, 4) is 11.5 Å². The minimum absolute atomic E-state index is 0.397. The molecule has 4 nitrogen and oxygen atoms in total. The van der Waals surface area contributed by atoms with E-state index in [1.165, 1.54) is 0 Å². The third-order valence-electron chi connectivity index (χ3n) is 2.81. The Kier molecular flexibility index (Phi) is 5.22. The maximum absolute atomic E-state index is 11.2. The molecule has 0 saturated heterocycles. The Morgan fingerprint density at radius 1 is 1.14 bits per heavy atom. The van der Waals surface area contributed by atoms with Crippen LogP contribution >= 0.6 is 15.9 Å². The lowest BCUT2D eigenvalue weighted by atomic mass is 10.2. The van der Waals surface area contributed by atoms with Crippen LogP contribution < -0.4 is 15.2 Å². The van der Waals surface area contributed by atoms with Crippen LogP contribution in [-0.2, 0) is 6.61 Å². The molecule has 21 heavy (non-hydrogen) atoms. The average Bonchev–Trinajstić information content (AvgIpc) is 2.46. The van der Waals surface area contributed by atoms with Crippen LogP contribution in [0.25, 0.3) is 0 Å². The van der Waals surface area contributed by atoms with Crippen LogP contribution in [0.3, 0.4) is 0 Å². The molecule has 0 aliphatic carbocycles. The highest BCUT2D eigenvalue weighted by Gasteiger charge is 2.09. The molecule has 0 radical (unpaired) electrons. The summed E-state index contributed by atoms with van der Waals surface area (Å²) in [5.74, 6) is 0.611. The van der Waals surface area contributed by atoms with Gasteiger partial charge in [-0.15, -0.1) is 0 Å². The molecule has 0 unspecified atom stereocenters. The van der Waals surface area contributed by atoms with E-state index in [-0.39, 0.29) is 0 Å². The van der Waals surface area contributed by atoms with Crippen LogP contribution in [-0.4, -0.2) is 12.5 Å². The highest BCUT2D eigenvalue weighted by molar-refractivity contribution is 9.10. The zero-order valence-electron chi connectivity index (χ0n) is 11.6. The van der Waals surface area contributed by atoms with Gasteiger partial charge in [0.1, 0.15) is 6.61 Å². The lowest BCUT2D eigenvalue weighted by Gasteiger charge is -2.13. The fourth-order valence-corrected chi connectivity index (χ4v) is 2.28. The number of rotatable bonds is 6. The Labute approximate surface area is 132 Å². The van der Waals surface area contributed by atoms with Gasteiger partial charge in [0.2, 0.25) is 5.91 Å². The molecule has 0 bridgehead atoms. The Hall–Kier alpha value is -2.01. The van der Waals surface area contributed by atoms with Crippen LogP contribution in [0.15, 0.2) is 46.9 Å². The predicted octanol–water partition coefficient (Wildman–Crippen LogP) is 3.53. The highest BCUT2D eigenvalue weighted by atomic mass is 79.9. The van der Waals surface area contributed by atoms with Gasteiger partial charge < -0.3 is 15.2 Å². The third kappa shape index (κ3) is 4.23. The first-order valence-electron chi connectivity index (χ1n) is 6.54. The van der Waals surface area contributed by atoms with Gasteiger partial charge in [-0.25, -0.2) is 0 Å². The van der Waals surface area contributed by atoms with Gasteiger partial charge in [0.15, 0.2) is 11.5 Å². The second-order valence-electron chi connectivity index (χ2n) is 4.38. The van der Waals surface area contributed by atoms with Gasteiger partial charge in [0.05, 0.1) is 6.61 Å². The van der Waals surface area contributed by atoms with Gasteiger partial charge in [0.25, 0.3) is 0 Å². The fraction of sp³-hybridized carbons (Fsp3) is 0.188. The number of hydrogen-bond acceptors (Lipinski definition) is 3. The van der Waals surface area contributed by atoms with E-state index in [4.69, 9.17) is 15.2 Å². The van der Waals surface area contributed by atoms with Gasteiger partial charge in [-0.3, -0.25) is 4.79 Å². The summed E-state index contributed by atoms with van der Waals surface area (Å²) in [6.45, 7) is 2.76. The summed E-state index contributed by atoms with van der Waals surface area (Å²) in [4.78, 5) is 11.2. The second kappa shape index (κ2) is 7.13. The van der Waals surface area contributed by atoms with E-state index in [0.29, 0.717) is 30.3 Å². The number of hydrogen-bond donors (Lipinski definition) is 1. The van der Waals surface area contributed by atoms with Crippen molar-refractivity contribution >= 4 is 21.8 Å². The van der Waals surface area contributed by atoms with Gasteiger partial charge >= 0.3 is 0 Å². The zero-order chi connectivity index (χ0) is 15.2. The first-order chi connectivity index (χ1) is 10.1. The molecular formula is C16H16BrNO3. The predicted molar refractivity (Wildman–Crippen MR) is 84.6 cm³/mol. The van der Waals surface area contributed by atoms with E-state index in [2.05, 4.69) is 15.9 Å². The van der Waals surface area contributed by atoms with Crippen molar-refractivity contribution in [3.63, 3.8) is 0 Å². The van der Waals surface area contributed by atoms with Gasteiger partial charge in [-0.1, -0.05) is 28.1 Å². The highest BCUT2D eigenvalue weighted by Crippen LogP contribution is 2.29. The average molecular weight is 350 g/mol. The van der Waals surface area contributed by atoms with Crippen LogP contribution in [0.4, 0.5) is 0 Å². The molecule has 2 aromatic rings. The number of carbonyl (C=O) groups is 1. The Morgan fingerprint density at radius 3 is 2.62 bits per heavy atom. The maximum Gasteiger partial charge on any atom is 0.248 e. The second-order valence-corrected chi connectivity index (χ2v) is 5.29. The molecule has 5 heteroatoms. The summed E-state index contributed by atoms with van der Waals surface area (Å²) in [5.41, 5.74) is 6.70. The molecule has 0 aliphatic heterocycles. The van der Waals surface area contributed by atoms with Gasteiger partial charge in [-0.2, -0.15) is 0 Å². The summed E-state index contributed by atoms with van der Waals surface area (Å²) >= 11 is 3.42. The van der Waals surface area contributed by atoms with E-state index in [1.807, 2.05) is 31.2 Å². The fourth-order valence-electron chi connectivity index (χ4n) is 1.84. The van der Waals surface area contributed by atoms with Crippen LogP contribution in [0, 0.1) is 0 Å². The van der Waals surface area contributed by atoms with Crippen molar-refractivity contribution in [2.45, 2.75) is 13.5 Å². The first kappa shape index (κ1) is 15.4. The molecule has 0 heterocycles. The molecular weight excluding hydrogens is 334 g/mol. The summed E-state index contributed by atoms with van der Waals surface area (Å²) in [6, 6.07) is 12.8. The van der Waals surface area contributed by atoms with Gasteiger partial charge in [0, 0.05) is 10.0 Å². The summed E-state index contributed by atoms with van der Waals surface area (Å²) in [7, 11) is 0. The van der Waals surface area contributed by atoms with Gasteiger partial charge in [-0.05, 0) is 42.8 Å². The molecule has 0 spiro atoms. The van der Waals surface area contributed by atoms with E-state index in [9.17, 15) is 4.79 Å². The van der Waals surface area contributed by atoms with Crippen LogP contribution in [0.2, 0.25) is 0 Å². The van der Waals surface area contributed by atoms with Crippen molar-refractivity contribution in [2.24, 2.45) is 5.73 Å². The topological polar surface area (TPSA) is 61.5 Å². The van der Waals surface area contributed by atoms with Crippen molar-refractivity contribution in [3.05, 3.63) is 58.1 Å². The Morgan fingerprint density at radius 2 is 1.95 bits per heavy atom. The molecule has 2 N–H and O–H groups in total. The number of halogens is 1. The normalized spacial score (nSPS) is 10.2. The number of ether oxygens (including phenoxy) is 2. The van der Waals surface area contributed by atoms with E-state index in [1.54, 1.807) is 18.2 Å². The van der Waals surface area contributed by atoms with E-state index < -0.39 is 5.91 Å². The lowest BCUT2D eigenvalue weighted by Crippen LogP contribution is -2.11. The number of amides is 1. The standard InChI is InChI=1S/C16H16BrNO3/c1-2-20-15-9-12(16(18)19)6-7-14(15)21-10-11-4-3-5-13(17)8-11/h3-9H,2,10H2,1H3,(H2,18,19). The number of primary amides is 1. The molecule has 1 amide bonds. The quantitative estimate of drug-likeness (QED) is 0.867. The number of nitrogens with two attached hydrogens (primary N) is 1. The van der Waals surface area contributed by atoms with E-state index >= 15 is 0 Å². The lowest BCUT2D eigenvalue weighted by molar-refractivity contribution is 0.0999. The smallest absolute Gasteiger partial charge is 0.248 e. The van der Waals surface area contributed by atoms with E-state index in [0.717, 1.165) is 10.0 Å². The van der Waals surface area contributed by atoms with Crippen molar-refractivity contribution < 1.29 is 14.3 Å². The molecule has 0 saturated carbocycles. The largest absolute Gasteiger partial charge is 0.490 e. The van der Waals surface area contributed by atoms with Crippen molar-refractivity contribution in [1.29, 1.82) is 0 Å². The molecule has 0 atom stereocenters. The minimum Gasteiger partial charge on any atom is -0.490 e. The summed E-state index contributed by atoms with van der Waals surface area (Å²) < 4.78 is 12.3. The maximum atomic E-state index is 11.2. The molecule has 2 rings (SSSR count). The van der Waals surface area contributed by atoms with Crippen molar-refractivity contribution in [1.82, 2.24) is 0 Å². The molecule has 0 fully saturated rings. The molecule has 0 aromatic heterocycles. The van der Waals surface area contributed by atoms with Crippen LogP contribution in [0.1, 0.15) is 22.8 Å². The SMILES string of the molecule is CCOc1cc(C(N)=O)ccc1OCc1cccc(Br)c1. The van der Waals surface area contributed by atoms with Crippen molar-refractivity contribution in [2.75, 3.05) is 6.61 Å². The first-order valence-corrected chi connectivity index (χ1v) is 7.33. The molecule has 110 valence electrons. The monoisotopic (exact) mass is 349 g/mol. The Bertz CT molecular complexity index is 643. The summed E-state index contributed by atoms with van der Waals surface area (Å²) in [5, 5.41) is 0.